The van der Waals surface area contributed by atoms with Crippen molar-refractivity contribution in [2.75, 3.05) is 6.79 Å². The second kappa shape index (κ2) is 5.23. The standard InChI is InChI=1S/C12H16N2O2S/c1-2-3-9(14-12(13)17)8-4-5-10-11(6-8)16-7-15-10/h4-6,9H,2-3,7H2,1H3,(H3,13,14,17)/t9-/m0/s1. The molecular formula is C12H16N2O2S. The van der Waals surface area contributed by atoms with Gasteiger partial charge in [-0.15, -0.1) is 0 Å². The first-order valence-corrected chi connectivity index (χ1v) is 6.07. The van der Waals surface area contributed by atoms with Crippen LogP contribution in [0.25, 0.3) is 0 Å². The summed E-state index contributed by atoms with van der Waals surface area (Å²) in [4.78, 5) is 0. The van der Waals surface area contributed by atoms with Crippen LogP contribution in [0.15, 0.2) is 18.2 Å². The van der Waals surface area contributed by atoms with Gasteiger partial charge in [0, 0.05) is 0 Å². The van der Waals surface area contributed by atoms with Crippen LogP contribution in [0.5, 0.6) is 11.5 Å². The van der Waals surface area contributed by atoms with Crippen molar-refractivity contribution in [2.24, 2.45) is 5.73 Å². The molecule has 3 N–H and O–H groups in total. The Morgan fingerprint density at radius 2 is 2.24 bits per heavy atom. The average Bonchev–Trinajstić information content (AvgIpc) is 2.74. The van der Waals surface area contributed by atoms with Gasteiger partial charge in [-0.2, -0.15) is 0 Å². The molecule has 4 nitrogen and oxygen atoms in total. The zero-order valence-electron chi connectivity index (χ0n) is 9.73. The van der Waals surface area contributed by atoms with Gasteiger partial charge in [0.05, 0.1) is 6.04 Å². The second-order valence-electron chi connectivity index (χ2n) is 3.96. The van der Waals surface area contributed by atoms with E-state index in [9.17, 15) is 0 Å². The van der Waals surface area contributed by atoms with Crippen LogP contribution in [0.2, 0.25) is 0 Å². The highest BCUT2D eigenvalue weighted by atomic mass is 32.1. The van der Waals surface area contributed by atoms with E-state index < -0.39 is 0 Å². The summed E-state index contributed by atoms with van der Waals surface area (Å²) in [6, 6.07) is 6.04. The fraction of sp³-hybridized carbons (Fsp3) is 0.417. The summed E-state index contributed by atoms with van der Waals surface area (Å²) in [7, 11) is 0. The number of hydrogen-bond donors (Lipinski definition) is 2. The van der Waals surface area contributed by atoms with Gasteiger partial charge in [-0.25, -0.2) is 0 Å². The first-order valence-electron chi connectivity index (χ1n) is 5.66. The fourth-order valence-electron chi connectivity index (χ4n) is 1.91. The third-order valence-corrected chi connectivity index (χ3v) is 2.81. The molecule has 0 unspecified atom stereocenters. The normalized spacial score (nSPS) is 14.4. The van der Waals surface area contributed by atoms with Crippen molar-refractivity contribution in [2.45, 2.75) is 25.8 Å². The summed E-state index contributed by atoms with van der Waals surface area (Å²) in [5.74, 6) is 1.58. The number of nitrogens with one attached hydrogen (secondary N) is 1. The number of fused-ring (bicyclic) bond motifs is 1. The van der Waals surface area contributed by atoms with E-state index >= 15 is 0 Å². The van der Waals surface area contributed by atoms with Crippen molar-refractivity contribution in [1.29, 1.82) is 0 Å². The predicted octanol–water partition coefficient (Wildman–Crippen LogP) is 2.09. The highest BCUT2D eigenvalue weighted by Crippen LogP contribution is 2.34. The minimum atomic E-state index is 0.131. The van der Waals surface area contributed by atoms with Crippen LogP contribution >= 0.6 is 12.2 Å². The molecule has 0 fully saturated rings. The smallest absolute Gasteiger partial charge is 0.231 e. The van der Waals surface area contributed by atoms with Crippen LogP contribution in [-0.2, 0) is 0 Å². The third-order valence-electron chi connectivity index (χ3n) is 2.69. The zero-order chi connectivity index (χ0) is 12.3. The van der Waals surface area contributed by atoms with Gasteiger partial charge < -0.3 is 20.5 Å². The molecule has 1 aromatic rings. The lowest BCUT2D eigenvalue weighted by atomic mass is 10.0. The van der Waals surface area contributed by atoms with Crippen LogP contribution in [0.1, 0.15) is 31.4 Å². The van der Waals surface area contributed by atoms with E-state index in [-0.39, 0.29) is 6.04 Å². The Morgan fingerprint density at radius 1 is 1.47 bits per heavy atom. The molecule has 2 rings (SSSR count). The summed E-state index contributed by atoms with van der Waals surface area (Å²) in [6.07, 6.45) is 2.02. The maximum Gasteiger partial charge on any atom is 0.231 e. The molecule has 1 atom stereocenters. The van der Waals surface area contributed by atoms with E-state index in [0.717, 1.165) is 29.9 Å². The molecule has 1 aliphatic heterocycles. The second-order valence-corrected chi connectivity index (χ2v) is 4.40. The molecule has 1 aliphatic rings. The quantitative estimate of drug-likeness (QED) is 0.804. The van der Waals surface area contributed by atoms with E-state index in [1.807, 2.05) is 18.2 Å². The van der Waals surface area contributed by atoms with Gasteiger partial charge >= 0.3 is 0 Å². The first-order chi connectivity index (χ1) is 8.20. The van der Waals surface area contributed by atoms with Gasteiger partial charge in [-0.1, -0.05) is 19.4 Å². The van der Waals surface area contributed by atoms with Crippen molar-refractivity contribution in [3.8, 4) is 11.5 Å². The lowest BCUT2D eigenvalue weighted by Crippen LogP contribution is -2.32. The van der Waals surface area contributed by atoms with Crippen LogP contribution in [0, 0.1) is 0 Å². The Kier molecular flexibility index (Phi) is 3.68. The SMILES string of the molecule is CCC[C@H](NC(N)=S)c1ccc2c(c1)OCO2. The highest BCUT2D eigenvalue weighted by molar-refractivity contribution is 7.80. The molecule has 0 amide bonds. The van der Waals surface area contributed by atoms with Crippen molar-refractivity contribution in [1.82, 2.24) is 5.32 Å². The molecule has 0 saturated heterocycles. The number of hydrogen-bond acceptors (Lipinski definition) is 3. The van der Waals surface area contributed by atoms with Gasteiger partial charge in [-0.3, -0.25) is 0 Å². The zero-order valence-corrected chi connectivity index (χ0v) is 10.5. The van der Waals surface area contributed by atoms with Crippen molar-refractivity contribution < 1.29 is 9.47 Å². The topological polar surface area (TPSA) is 56.5 Å². The van der Waals surface area contributed by atoms with Crippen molar-refractivity contribution >= 4 is 17.3 Å². The molecule has 1 heterocycles. The minimum absolute atomic E-state index is 0.131. The van der Waals surface area contributed by atoms with Gasteiger partial charge in [-0.05, 0) is 36.3 Å². The average molecular weight is 252 g/mol. The summed E-state index contributed by atoms with van der Waals surface area (Å²) >= 11 is 4.90. The van der Waals surface area contributed by atoms with Gasteiger partial charge in [0.15, 0.2) is 16.6 Å². The number of thiocarbonyl (C=S) groups is 1. The molecule has 1 aromatic carbocycles. The Hall–Kier alpha value is -1.49. The number of benzene rings is 1. The molecule has 0 aliphatic carbocycles. The van der Waals surface area contributed by atoms with E-state index in [1.165, 1.54) is 0 Å². The van der Waals surface area contributed by atoms with Crippen molar-refractivity contribution in [3.05, 3.63) is 23.8 Å². The molecule has 0 radical (unpaired) electrons. The van der Waals surface area contributed by atoms with Crippen molar-refractivity contribution in [3.63, 3.8) is 0 Å². The Morgan fingerprint density at radius 3 is 2.94 bits per heavy atom. The predicted molar refractivity (Wildman–Crippen MR) is 70.1 cm³/mol. The minimum Gasteiger partial charge on any atom is -0.454 e. The summed E-state index contributed by atoms with van der Waals surface area (Å²) in [6.45, 7) is 2.42. The van der Waals surface area contributed by atoms with Crippen LogP contribution in [0.4, 0.5) is 0 Å². The van der Waals surface area contributed by atoms with E-state index in [4.69, 9.17) is 27.4 Å². The van der Waals surface area contributed by atoms with E-state index in [1.54, 1.807) is 0 Å². The maximum absolute atomic E-state index is 5.54. The van der Waals surface area contributed by atoms with Gasteiger partial charge in [0.1, 0.15) is 0 Å². The molecule has 17 heavy (non-hydrogen) atoms. The lowest BCUT2D eigenvalue weighted by molar-refractivity contribution is 0.174. The highest BCUT2D eigenvalue weighted by Gasteiger charge is 2.17. The Labute approximate surface area is 106 Å². The monoisotopic (exact) mass is 252 g/mol. The van der Waals surface area contributed by atoms with E-state index in [2.05, 4.69) is 12.2 Å². The summed E-state index contributed by atoms with van der Waals surface area (Å²) in [5.41, 5.74) is 6.65. The molecule has 0 bridgehead atoms. The largest absolute Gasteiger partial charge is 0.454 e. The Balaban J connectivity index is 2.20. The number of nitrogens with two attached hydrogens (primary N) is 1. The summed E-state index contributed by atoms with van der Waals surface area (Å²) < 4.78 is 10.6. The van der Waals surface area contributed by atoms with Crippen LogP contribution in [-0.4, -0.2) is 11.9 Å². The molecule has 0 aromatic heterocycles. The van der Waals surface area contributed by atoms with Crippen LogP contribution < -0.4 is 20.5 Å². The summed E-state index contributed by atoms with van der Waals surface area (Å²) in [5, 5.41) is 3.42. The third kappa shape index (κ3) is 2.79. The Bertz CT molecular complexity index is 423. The number of rotatable bonds is 4. The number of ether oxygens (including phenoxy) is 2. The van der Waals surface area contributed by atoms with E-state index in [0.29, 0.717) is 11.9 Å². The first kappa shape index (κ1) is 12.0. The van der Waals surface area contributed by atoms with Gasteiger partial charge in [0.2, 0.25) is 6.79 Å². The lowest BCUT2D eigenvalue weighted by Gasteiger charge is -2.18. The molecule has 92 valence electrons. The van der Waals surface area contributed by atoms with Gasteiger partial charge in [0.25, 0.3) is 0 Å². The molecule has 0 saturated carbocycles. The molecule has 0 spiro atoms. The maximum atomic E-state index is 5.54. The fourth-order valence-corrected chi connectivity index (χ4v) is 2.05. The van der Waals surface area contributed by atoms with Crippen LogP contribution in [0.3, 0.4) is 0 Å². The molecular weight excluding hydrogens is 236 g/mol. The molecule has 5 heteroatoms.